The third-order valence-electron chi connectivity index (χ3n) is 4.73. The minimum atomic E-state index is -0.625. The summed E-state index contributed by atoms with van der Waals surface area (Å²) >= 11 is 9.66. The molecule has 162 valence electrons. The van der Waals surface area contributed by atoms with Crippen LogP contribution in [-0.4, -0.2) is 35.9 Å². The molecule has 0 unspecified atom stereocenters. The fraction of sp³-hybridized carbons (Fsp3) is 0.391. The van der Waals surface area contributed by atoms with Crippen LogP contribution in [0.2, 0.25) is 5.02 Å². The molecule has 0 bridgehead atoms. The topological polar surface area (TPSA) is 58.6 Å². The number of nitrogens with zero attached hydrogens (tertiary/aromatic N) is 1. The molecule has 0 spiro atoms. The van der Waals surface area contributed by atoms with Gasteiger partial charge >= 0.3 is 0 Å². The lowest BCUT2D eigenvalue weighted by Crippen LogP contribution is -2.49. The molecule has 0 aliphatic rings. The lowest BCUT2D eigenvalue weighted by Gasteiger charge is -2.29. The molecule has 0 radical (unpaired) electrons. The highest BCUT2D eigenvalue weighted by Gasteiger charge is 2.26. The third kappa shape index (κ3) is 6.74. The number of halogens is 2. The van der Waals surface area contributed by atoms with Gasteiger partial charge in [-0.2, -0.15) is 0 Å². The summed E-state index contributed by atoms with van der Waals surface area (Å²) in [4.78, 5) is 27.1. The second-order valence-electron chi connectivity index (χ2n) is 7.28. The van der Waals surface area contributed by atoms with Crippen LogP contribution in [0.1, 0.15) is 37.0 Å². The smallest absolute Gasteiger partial charge is 0.261 e. The van der Waals surface area contributed by atoms with Crippen molar-refractivity contribution in [1.29, 1.82) is 0 Å². The Balaban J connectivity index is 2.17. The van der Waals surface area contributed by atoms with E-state index in [-0.39, 0.29) is 18.4 Å². The lowest BCUT2D eigenvalue weighted by atomic mass is 10.1. The Bertz CT molecular complexity index is 881. The summed E-state index contributed by atoms with van der Waals surface area (Å²) in [6, 6.07) is 10.7. The highest BCUT2D eigenvalue weighted by atomic mass is 79.9. The summed E-state index contributed by atoms with van der Waals surface area (Å²) in [5.74, 6) is 0.131. The molecule has 1 N–H and O–H groups in total. The van der Waals surface area contributed by atoms with Gasteiger partial charge in [0.25, 0.3) is 5.91 Å². The molecule has 0 fully saturated rings. The molecule has 2 aromatic rings. The van der Waals surface area contributed by atoms with Gasteiger partial charge in [0, 0.05) is 22.6 Å². The summed E-state index contributed by atoms with van der Waals surface area (Å²) in [5, 5.41) is 3.55. The normalized spacial score (nSPS) is 11.7. The van der Waals surface area contributed by atoms with Crippen molar-refractivity contribution in [3.05, 3.63) is 62.6 Å². The monoisotopic (exact) mass is 494 g/mol. The summed E-state index contributed by atoms with van der Waals surface area (Å²) in [6.45, 7) is 8.22. The summed E-state index contributed by atoms with van der Waals surface area (Å²) in [7, 11) is 0. The van der Waals surface area contributed by atoms with Crippen molar-refractivity contribution in [2.75, 3.05) is 13.2 Å². The first-order valence-corrected chi connectivity index (χ1v) is 11.1. The van der Waals surface area contributed by atoms with Gasteiger partial charge < -0.3 is 15.0 Å². The lowest BCUT2D eigenvalue weighted by molar-refractivity contribution is -0.142. The second kappa shape index (κ2) is 11.4. The van der Waals surface area contributed by atoms with Crippen molar-refractivity contribution >= 4 is 39.3 Å². The molecule has 0 aliphatic carbocycles. The standard InChI is InChI=1S/C23H28BrClN2O3/c1-5-9-26-23(29)17(4)27(13-18-7-6-8-19(24)12-18)21(28)14-30-20-10-15(2)22(25)16(3)11-20/h6-8,10-12,17H,5,9,13-14H2,1-4H3,(H,26,29)/t17-/m1/s1. The van der Waals surface area contributed by atoms with E-state index in [0.29, 0.717) is 23.9 Å². The highest BCUT2D eigenvalue weighted by Crippen LogP contribution is 2.26. The van der Waals surface area contributed by atoms with Crippen LogP contribution in [0.15, 0.2) is 40.9 Å². The highest BCUT2D eigenvalue weighted by molar-refractivity contribution is 9.10. The molecule has 0 aliphatic heterocycles. The Morgan fingerprint density at radius 3 is 2.47 bits per heavy atom. The van der Waals surface area contributed by atoms with E-state index in [1.165, 1.54) is 0 Å². The van der Waals surface area contributed by atoms with Crippen molar-refractivity contribution in [2.24, 2.45) is 0 Å². The number of carbonyl (C=O) groups is 2. The summed E-state index contributed by atoms with van der Waals surface area (Å²) < 4.78 is 6.66. The van der Waals surface area contributed by atoms with E-state index in [1.54, 1.807) is 24.0 Å². The molecule has 1 atom stereocenters. The molecule has 0 heterocycles. The van der Waals surface area contributed by atoms with Crippen LogP contribution in [-0.2, 0) is 16.1 Å². The Labute approximate surface area is 191 Å². The van der Waals surface area contributed by atoms with E-state index in [2.05, 4.69) is 21.2 Å². The van der Waals surface area contributed by atoms with Crippen LogP contribution >= 0.6 is 27.5 Å². The van der Waals surface area contributed by atoms with E-state index in [1.807, 2.05) is 45.0 Å². The quantitative estimate of drug-likeness (QED) is 0.530. The minimum absolute atomic E-state index is 0.167. The summed E-state index contributed by atoms with van der Waals surface area (Å²) in [5.41, 5.74) is 2.70. The first kappa shape index (κ1) is 24.2. The first-order chi connectivity index (χ1) is 14.2. The zero-order chi connectivity index (χ0) is 22.3. The maximum absolute atomic E-state index is 13.0. The molecule has 0 aromatic heterocycles. The van der Waals surface area contributed by atoms with Gasteiger partial charge in [-0.3, -0.25) is 9.59 Å². The van der Waals surface area contributed by atoms with Crippen molar-refractivity contribution in [3.63, 3.8) is 0 Å². The number of benzene rings is 2. The largest absolute Gasteiger partial charge is 0.484 e. The average Bonchev–Trinajstić information content (AvgIpc) is 2.71. The Kier molecular flexibility index (Phi) is 9.18. The zero-order valence-electron chi connectivity index (χ0n) is 17.8. The van der Waals surface area contributed by atoms with Crippen molar-refractivity contribution in [3.8, 4) is 5.75 Å². The molecule has 2 aromatic carbocycles. The van der Waals surface area contributed by atoms with Gasteiger partial charge in [-0.15, -0.1) is 0 Å². The van der Waals surface area contributed by atoms with Gasteiger partial charge in [0.15, 0.2) is 6.61 Å². The number of hydrogen-bond donors (Lipinski definition) is 1. The SMILES string of the molecule is CCCNC(=O)[C@@H](C)N(Cc1cccc(Br)c1)C(=O)COc1cc(C)c(Cl)c(C)c1. The maximum Gasteiger partial charge on any atom is 0.261 e. The minimum Gasteiger partial charge on any atom is -0.484 e. The Morgan fingerprint density at radius 2 is 1.87 bits per heavy atom. The molecule has 30 heavy (non-hydrogen) atoms. The predicted octanol–water partition coefficient (Wildman–Crippen LogP) is 5.04. The van der Waals surface area contributed by atoms with Crippen molar-refractivity contribution < 1.29 is 14.3 Å². The predicted molar refractivity (Wildman–Crippen MR) is 124 cm³/mol. The van der Waals surface area contributed by atoms with Crippen LogP contribution in [0.5, 0.6) is 5.75 Å². The van der Waals surface area contributed by atoms with Gasteiger partial charge in [-0.1, -0.05) is 46.6 Å². The Morgan fingerprint density at radius 1 is 1.20 bits per heavy atom. The number of ether oxygens (including phenoxy) is 1. The van der Waals surface area contributed by atoms with Gasteiger partial charge in [0.1, 0.15) is 11.8 Å². The van der Waals surface area contributed by atoms with Gasteiger partial charge in [-0.25, -0.2) is 0 Å². The maximum atomic E-state index is 13.0. The average molecular weight is 496 g/mol. The van der Waals surface area contributed by atoms with Crippen LogP contribution in [0.4, 0.5) is 0 Å². The Hall–Kier alpha value is -2.05. The van der Waals surface area contributed by atoms with E-state index < -0.39 is 6.04 Å². The van der Waals surface area contributed by atoms with Gasteiger partial charge in [0.2, 0.25) is 5.91 Å². The van der Waals surface area contributed by atoms with Crippen LogP contribution < -0.4 is 10.1 Å². The number of rotatable bonds is 9. The van der Waals surface area contributed by atoms with Crippen molar-refractivity contribution in [2.45, 2.75) is 46.7 Å². The second-order valence-corrected chi connectivity index (χ2v) is 8.57. The number of nitrogens with one attached hydrogen (secondary N) is 1. The van der Waals surface area contributed by atoms with E-state index in [4.69, 9.17) is 16.3 Å². The van der Waals surface area contributed by atoms with E-state index >= 15 is 0 Å². The van der Waals surface area contributed by atoms with Crippen LogP contribution in [0, 0.1) is 13.8 Å². The van der Waals surface area contributed by atoms with Gasteiger partial charge in [0.05, 0.1) is 0 Å². The molecular weight excluding hydrogens is 468 g/mol. The number of amides is 2. The van der Waals surface area contributed by atoms with Crippen LogP contribution in [0.25, 0.3) is 0 Å². The molecule has 0 saturated heterocycles. The third-order valence-corrected chi connectivity index (χ3v) is 5.82. The molecule has 5 nitrogen and oxygen atoms in total. The van der Waals surface area contributed by atoms with Crippen LogP contribution in [0.3, 0.4) is 0 Å². The molecule has 0 saturated carbocycles. The number of aryl methyl sites for hydroxylation is 2. The molecule has 2 amide bonds. The van der Waals surface area contributed by atoms with Crippen molar-refractivity contribution in [1.82, 2.24) is 10.2 Å². The zero-order valence-corrected chi connectivity index (χ0v) is 20.1. The fourth-order valence-corrected chi connectivity index (χ4v) is 3.58. The van der Waals surface area contributed by atoms with E-state index in [9.17, 15) is 9.59 Å². The van der Waals surface area contributed by atoms with Gasteiger partial charge in [-0.05, 0) is 68.1 Å². The first-order valence-electron chi connectivity index (χ1n) is 9.94. The number of hydrogen-bond acceptors (Lipinski definition) is 3. The molecular formula is C23H28BrClN2O3. The number of carbonyl (C=O) groups excluding carboxylic acids is 2. The molecule has 2 rings (SSSR count). The molecule has 7 heteroatoms. The summed E-state index contributed by atoms with van der Waals surface area (Å²) in [6.07, 6.45) is 0.830. The fourth-order valence-electron chi connectivity index (χ4n) is 3.03. The van der Waals surface area contributed by atoms with E-state index in [0.717, 1.165) is 27.6 Å².